The normalized spacial score (nSPS) is 23.8. The van der Waals surface area contributed by atoms with E-state index in [0.717, 1.165) is 5.56 Å². The third kappa shape index (κ3) is 3.83. The molecule has 0 bridgehead atoms. The molecule has 0 aromatic heterocycles. The third-order valence-corrected chi connectivity index (χ3v) is 3.06. The molecule has 1 aromatic rings. The third-order valence-electron chi connectivity index (χ3n) is 3.06. The highest BCUT2D eigenvalue weighted by Crippen LogP contribution is 2.12. The van der Waals surface area contributed by atoms with Crippen molar-refractivity contribution in [3.8, 4) is 0 Å². The zero-order chi connectivity index (χ0) is 13.8. The van der Waals surface area contributed by atoms with Gasteiger partial charge in [-0.15, -0.1) is 0 Å². The topological polar surface area (TPSA) is 55.6 Å². The summed E-state index contributed by atoms with van der Waals surface area (Å²) in [6.07, 6.45) is 3.57. The number of rotatable bonds is 2. The maximum absolute atomic E-state index is 12.1. The molecular weight excluding hydrogens is 240 g/mol. The van der Waals surface area contributed by atoms with Gasteiger partial charge >= 0.3 is 0 Å². The van der Waals surface area contributed by atoms with Gasteiger partial charge in [0, 0.05) is 24.9 Å². The molecule has 0 aliphatic carbocycles. The summed E-state index contributed by atoms with van der Waals surface area (Å²) in [5.74, 6) is 0.0180. The van der Waals surface area contributed by atoms with Crippen LogP contribution in [-0.2, 0) is 9.53 Å². The van der Waals surface area contributed by atoms with Crippen LogP contribution < -0.4 is 5.73 Å². The minimum atomic E-state index is 0.0180. The van der Waals surface area contributed by atoms with Crippen molar-refractivity contribution in [2.75, 3.05) is 18.8 Å². The van der Waals surface area contributed by atoms with Crippen LogP contribution in [0.15, 0.2) is 30.3 Å². The number of carbonyl (C=O) groups excluding carboxylic acids is 1. The van der Waals surface area contributed by atoms with Gasteiger partial charge in [0.15, 0.2) is 0 Å². The lowest BCUT2D eigenvalue weighted by Gasteiger charge is -2.34. The summed E-state index contributed by atoms with van der Waals surface area (Å²) < 4.78 is 5.61. The summed E-state index contributed by atoms with van der Waals surface area (Å²) in [5, 5.41) is 0. The van der Waals surface area contributed by atoms with Crippen molar-refractivity contribution < 1.29 is 9.53 Å². The smallest absolute Gasteiger partial charge is 0.246 e. The number of hydrogen-bond acceptors (Lipinski definition) is 3. The van der Waals surface area contributed by atoms with Gasteiger partial charge in [0.2, 0.25) is 5.91 Å². The van der Waals surface area contributed by atoms with Crippen molar-refractivity contribution in [3.05, 3.63) is 35.9 Å². The zero-order valence-electron chi connectivity index (χ0n) is 11.4. The second-order valence-corrected chi connectivity index (χ2v) is 5.00. The van der Waals surface area contributed by atoms with E-state index in [9.17, 15) is 4.79 Å². The number of hydrogen-bond donors (Lipinski definition) is 1. The maximum atomic E-state index is 12.1. The molecule has 2 N–H and O–H groups in total. The van der Waals surface area contributed by atoms with Crippen LogP contribution in [-0.4, -0.2) is 36.1 Å². The van der Waals surface area contributed by atoms with Crippen LogP contribution in [0.25, 0.3) is 6.08 Å². The van der Waals surface area contributed by atoms with Crippen molar-refractivity contribution in [1.29, 1.82) is 0 Å². The first-order valence-electron chi connectivity index (χ1n) is 6.52. The van der Waals surface area contributed by atoms with Crippen molar-refractivity contribution in [2.24, 2.45) is 0 Å². The average molecular weight is 260 g/mol. The average Bonchev–Trinajstić information content (AvgIpc) is 2.35. The number of carbonyl (C=O) groups is 1. The number of morpholine rings is 1. The summed E-state index contributed by atoms with van der Waals surface area (Å²) in [6.45, 7) is 5.25. The molecule has 2 atom stereocenters. The number of nitrogens with two attached hydrogens (primary N) is 1. The van der Waals surface area contributed by atoms with Gasteiger partial charge in [-0.25, -0.2) is 0 Å². The molecule has 4 nitrogen and oxygen atoms in total. The fourth-order valence-electron chi connectivity index (χ4n) is 2.29. The van der Waals surface area contributed by atoms with E-state index in [1.165, 1.54) is 0 Å². The molecule has 1 saturated heterocycles. The molecule has 0 radical (unpaired) electrons. The highest BCUT2D eigenvalue weighted by Gasteiger charge is 2.24. The Morgan fingerprint density at radius 1 is 1.37 bits per heavy atom. The molecule has 1 fully saturated rings. The monoisotopic (exact) mass is 260 g/mol. The minimum absolute atomic E-state index is 0.0180. The maximum Gasteiger partial charge on any atom is 0.246 e. The summed E-state index contributed by atoms with van der Waals surface area (Å²) in [5.41, 5.74) is 7.33. The summed E-state index contributed by atoms with van der Waals surface area (Å²) in [7, 11) is 0. The van der Waals surface area contributed by atoms with Crippen LogP contribution in [0.4, 0.5) is 5.69 Å². The van der Waals surface area contributed by atoms with Crippen LogP contribution >= 0.6 is 0 Å². The standard InChI is InChI=1S/C15H20N2O2/c1-11-9-17(10-12(2)19-11)15(18)7-6-13-4-3-5-14(16)8-13/h3-8,11-12H,9-10,16H2,1-2H3/b7-6+/t11-,12+. The number of nitrogens with zero attached hydrogens (tertiary/aromatic N) is 1. The van der Waals surface area contributed by atoms with Crippen LogP contribution in [0.2, 0.25) is 0 Å². The summed E-state index contributed by atoms with van der Waals surface area (Å²) >= 11 is 0. The molecular formula is C15H20N2O2. The van der Waals surface area contributed by atoms with E-state index in [4.69, 9.17) is 10.5 Å². The Balaban J connectivity index is 2.00. The Morgan fingerprint density at radius 2 is 2.05 bits per heavy atom. The number of amides is 1. The Labute approximate surface area is 113 Å². The molecule has 0 unspecified atom stereocenters. The van der Waals surface area contributed by atoms with E-state index in [0.29, 0.717) is 18.8 Å². The van der Waals surface area contributed by atoms with Crippen molar-refractivity contribution in [3.63, 3.8) is 0 Å². The van der Waals surface area contributed by atoms with Gasteiger partial charge in [-0.05, 0) is 37.6 Å². The number of benzene rings is 1. The van der Waals surface area contributed by atoms with E-state index >= 15 is 0 Å². The highest BCUT2D eigenvalue weighted by atomic mass is 16.5. The molecule has 102 valence electrons. The molecule has 1 aliphatic heterocycles. The Morgan fingerprint density at radius 3 is 2.68 bits per heavy atom. The van der Waals surface area contributed by atoms with Crippen LogP contribution in [0.3, 0.4) is 0 Å². The lowest BCUT2D eigenvalue weighted by Crippen LogP contribution is -2.47. The van der Waals surface area contributed by atoms with Crippen LogP contribution in [0, 0.1) is 0 Å². The molecule has 2 rings (SSSR count). The molecule has 19 heavy (non-hydrogen) atoms. The van der Waals surface area contributed by atoms with Gasteiger partial charge in [-0.1, -0.05) is 12.1 Å². The molecule has 1 aromatic carbocycles. The Bertz CT molecular complexity index is 475. The predicted molar refractivity (Wildman–Crippen MR) is 76.5 cm³/mol. The molecule has 1 aliphatic rings. The SMILES string of the molecule is C[C@@H]1CN(C(=O)/C=C/c2cccc(N)c2)C[C@H](C)O1. The molecule has 0 saturated carbocycles. The first kappa shape index (κ1) is 13.6. The highest BCUT2D eigenvalue weighted by molar-refractivity contribution is 5.92. The van der Waals surface area contributed by atoms with E-state index in [1.54, 1.807) is 12.2 Å². The number of ether oxygens (including phenoxy) is 1. The summed E-state index contributed by atoms with van der Waals surface area (Å²) in [4.78, 5) is 13.9. The molecule has 4 heteroatoms. The van der Waals surface area contributed by atoms with Crippen molar-refractivity contribution in [1.82, 2.24) is 4.90 Å². The second kappa shape index (κ2) is 5.89. The number of nitrogen functional groups attached to an aromatic ring is 1. The van der Waals surface area contributed by atoms with Crippen LogP contribution in [0.1, 0.15) is 19.4 Å². The fourth-order valence-corrected chi connectivity index (χ4v) is 2.29. The van der Waals surface area contributed by atoms with Gasteiger partial charge in [-0.2, -0.15) is 0 Å². The minimum Gasteiger partial charge on any atom is -0.399 e. The molecule has 0 spiro atoms. The van der Waals surface area contributed by atoms with E-state index < -0.39 is 0 Å². The predicted octanol–water partition coefficient (Wildman–Crippen LogP) is 1.92. The van der Waals surface area contributed by atoms with Gasteiger partial charge in [0.25, 0.3) is 0 Å². The number of anilines is 1. The van der Waals surface area contributed by atoms with Crippen LogP contribution in [0.5, 0.6) is 0 Å². The lowest BCUT2D eigenvalue weighted by molar-refractivity contribution is -0.137. The fraction of sp³-hybridized carbons (Fsp3) is 0.400. The first-order chi connectivity index (χ1) is 9.04. The Kier molecular flexibility index (Phi) is 4.22. The van der Waals surface area contributed by atoms with Gasteiger partial charge in [-0.3, -0.25) is 4.79 Å². The van der Waals surface area contributed by atoms with Crippen molar-refractivity contribution >= 4 is 17.7 Å². The van der Waals surface area contributed by atoms with Gasteiger partial charge < -0.3 is 15.4 Å². The summed E-state index contributed by atoms with van der Waals surface area (Å²) in [6, 6.07) is 7.46. The Hall–Kier alpha value is -1.81. The van der Waals surface area contributed by atoms with Gasteiger partial charge in [0.05, 0.1) is 12.2 Å². The quantitative estimate of drug-likeness (QED) is 0.653. The zero-order valence-corrected chi connectivity index (χ0v) is 11.4. The molecule has 1 amide bonds. The van der Waals surface area contributed by atoms with Gasteiger partial charge in [0.1, 0.15) is 0 Å². The van der Waals surface area contributed by atoms with E-state index in [2.05, 4.69) is 0 Å². The molecule has 1 heterocycles. The largest absolute Gasteiger partial charge is 0.399 e. The van der Waals surface area contributed by atoms with Crippen molar-refractivity contribution in [2.45, 2.75) is 26.1 Å². The first-order valence-corrected chi connectivity index (χ1v) is 6.52. The second-order valence-electron chi connectivity index (χ2n) is 5.00. The van der Waals surface area contributed by atoms with E-state index in [-0.39, 0.29) is 18.1 Å². The lowest BCUT2D eigenvalue weighted by atomic mass is 10.2. The van der Waals surface area contributed by atoms with E-state index in [1.807, 2.05) is 43.0 Å².